The monoisotopic (exact) mass is 183 g/mol. The molecule has 1 aromatic carbocycles. The number of hydrogen-bond donors (Lipinski definition) is 1. The third kappa shape index (κ3) is 1.90. The van der Waals surface area contributed by atoms with Crippen molar-refractivity contribution in [1.82, 2.24) is 0 Å². The maximum absolute atomic E-state index is 10.8. The second-order valence-electron chi connectivity index (χ2n) is 2.75. The average Bonchev–Trinajstić information content (AvgIpc) is 2.03. The van der Waals surface area contributed by atoms with Crippen molar-refractivity contribution in [3.63, 3.8) is 0 Å². The molecule has 0 spiro atoms. The second-order valence-corrected chi connectivity index (χ2v) is 3.78. The Balaban J connectivity index is 3.12. The molecular formula is C9H12O2P+. The lowest BCUT2D eigenvalue weighted by atomic mass is 10.1. The van der Waals surface area contributed by atoms with E-state index >= 15 is 0 Å². The summed E-state index contributed by atoms with van der Waals surface area (Å²) in [7, 11) is -2.18. The summed E-state index contributed by atoms with van der Waals surface area (Å²) in [5.41, 5.74) is 2.10. The van der Waals surface area contributed by atoms with Gasteiger partial charge in [0.1, 0.15) is 0 Å². The Hall–Kier alpha value is -0.720. The Morgan fingerprint density at radius 2 is 2.17 bits per heavy atom. The van der Waals surface area contributed by atoms with E-state index in [-0.39, 0.29) is 0 Å². The van der Waals surface area contributed by atoms with Crippen LogP contribution in [0.2, 0.25) is 0 Å². The van der Waals surface area contributed by atoms with Crippen molar-refractivity contribution in [1.29, 1.82) is 0 Å². The lowest BCUT2D eigenvalue weighted by Gasteiger charge is -1.96. The summed E-state index contributed by atoms with van der Waals surface area (Å²) >= 11 is 0. The number of aryl methyl sites for hydroxylation is 2. The largest absolute Gasteiger partial charge is 0.546 e. The Labute approximate surface area is 73.1 Å². The molecule has 1 unspecified atom stereocenters. The molecule has 1 atom stereocenters. The first kappa shape index (κ1) is 9.37. The highest BCUT2D eigenvalue weighted by Gasteiger charge is 2.18. The summed E-state index contributed by atoms with van der Waals surface area (Å²) in [6.07, 6.45) is 0.962. The maximum atomic E-state index is 10.8. The summed E-state index contributed by atoms with van der Waals surface area (Å²) in [5.74, 6) is 0. The normalized spacial score (nSPS) is 11.4. The molecule has 0 radical (unpaired) electrons. The Morgan fingerprint density at radius 1 is 1.50 bits per heavy atom. The van der Waals surface area contributed by atoms with Gasteiger partial charge in [-0.1, -0.05) is 19.1 Å². The van der Waals surface area contributed by atoms with Crippen LogP contribution in [-0.2, 0) is 11.0 Å². The molecule has 64 valence electrons. The first-order valence-corrected chi connectivity index (χ1v) is 5.12. The zero-order chi connectivity index (χ0) is 9.14. The smallest absolute Gasteiger partial charge is 0.156 e. The van der Waals surface area contributed by atoms with Gasteiger partial charge in [0, 0.05) is 5.56 Å². The fourth-order valence-corrected chi connectivity index (χ4v) is 1.72. The summed E-state index contributed by atoms with van der Waals surface area (Å²) in [6.45, 7) is 3.92. The van der Waals surface area contributed by atoms with Gasteiger partial charge in [-0.25, -0.2) is 0 Å². The second kappa shape index (κ2) is 3.79. The van der Waals surface area contributed by atoms with Gasteiger partial charge in [0.05, 0.1) is 0 Å². The van der Waals surface area contributed by atoms with Crippen molar-refractivity contribution in [2.75, 3.05) is 0 Å². The van der Waals surface area contributed by atoms with E-state index in [1.54, 1.807) is 6.07 Å². The molecule has 1 N–H and O–H groups in total. The fraction of sp³-hybridized carbons (Fsp3) is 0.333. The lowest BCUT2D eigenvalue weighted by molar-refractivity contribution is 0.513. The summed E-state index contributed by atoms with van der Waals surface area (Å²) < 4.78 is 10.8. The maximum Gasteiger partial charge on any atom is 0.546 e. The molecule has 1 rings (SSSR count). The van der Waals surface area contributed by atoms with Crippen LogP contribution in [0.3, 0.4) is 0 Å². The van der Waals surface area contributed by atoms with E-state index in [9.17, 15) is 4.57 Å². The molecule has 0 aromatic heterocycles. The van der Waals surface area contributed by atoms with Crippen LogP contribution in [0.1, 0.15) is 18.1 Å². The third-order valence-electron chi connectivity index (χ3n) is 1.88. The van der Waals surface area contributed by atoms with E-state index in [0.29, 0.717) is 5.30 Å². The van der Waals surface area contributed by atoms with Gasteiger partial charge < -0.3 is 0 Å². The standard InChI is InChI=1S/C9H11O2P/c1-3-8-4-5-9(12(10)11)7(2)6-8/h4-6H,3H2,1-2H3/p+1. The quantitative estimate of drug-likeness (QED) is 0.711. The molecule has 0 fully saturated rings. The minimum absolute atomic E-state index is 0.544. The van der Waals surface area contributed by atoms with E-state index in [2.05, 4.69) is 6.92 Å². The zero-order valence-electron chi connectivity index (χ0n) is 7.24. The average molecular weight is 183 g/mol. The Bertz CT molecular complexity index is 307. The first-order valence-electron chi connectivity index (χ1n) is 3.90. The first-order chi connectivity index (χ1) is 5.65. The molecule has 2 nitrogen and oxygen atoms in total. The molecular weight excluding hydrogens is 171 g/mol. The highest BCUT2D eigenvalue weighted by molar-refractivity contribution is 7.47. The van der Waals surface area contributed by atoms with Crippen LogP contribution in [0.15, 0.2) is 18.2 Å². The summed E-state index contributed by atoms with van der Waals surface area (Å²) in [4.78, 5) is 8.88. The molecule has 0 saturated heterocycles. The SMILES string of the molecule is CCc1ccc([P+](=O)O)c(C)c1. The molecule has 0 amide bonds. The molecule has 0 aliphatic carbocycles. The van der Waals surface area contributed by atoms with Crippen molar-refractivity contribution in [2.24, 2.45) is 0 Å². The molecule has 0 bridgehead atoms. The molecule has 12 heavy (non-hydrogen) atoms. The fourth-order valence-electron chi connectivity index (χ4n) is 1.15. The van der Waals surface area contributed by atoms with Crippen molar-refractivity contribution >= 4 is 13.3 Å². The minimum Gasteiger partial charge on any atom is -0.156 e. The van der Waals surface area contributed by atoms with E-state index < -0.39 is 8.03 Å². The molecule has 0 aliphatic heterocycles. The van der Waals surface area contributed by atoms with E-state index in [1.165, 1.54) is 5.56 Å². The minimum atomic E-state index is -2.18. The lowest BCUT2D eigenvalue weighted by Crippen LogP contribution is -2.01. The van der Waals surface area contributed by atoms with Gasteiger partial charge >= 0.3 is 8.03 Å². The third-order valence-corrected chi connectivity index (χ3v) is 2.79. The molecule has 0 saturated carbocycles. The van der Waals surface area contributed by atoms with Crippen LogP contribution in [-0.4, -0.2) is 4.89 Å². The number of hydrogen-bond acceptors (Lipinski definition) is 1. The van der Waals surface area contributed by atoms with Crippen molar-refractivity contribution < 1.29 is 9.46 Å². The number of rotatable bonds is 2. The van der Waals surface area contributed by atoms with Crippen LogP contribution in [0.25, 0.3) is 0 Å². The van der Waals surface area contributed by atoms with Crippen LogP contribution < -0.4 is 5.30 Å². The zero-order valence-corrected chi connectivity index (χ0v) is 8.14. The van der Waals surface area contributed by atoms with Gasteiger partial charge in [0.2, 0.25) is 5.30 Å². The van der Waals surface area contributed by atoms with Crippen molar-refractivity contribution in [3.05, 3.63) is 29.3 Å². The van der Waals surface area contributed by atoms with Gasteiger partial charge in [-0.15, -0.1) is 0 Å². The van der Waals surface area contributed by atoms with Crippen molar-refractivity contribution in [2.45, 2.75) is 20.3 Å². The molecule has 0 heterocycles. The summed E-state index contributed by atoms with van der Waals surface area (Å²) in [6, 6.07) is 5.58. The van der Waals surface area contributed by atoms with Crippen LogP contribution in [0.5, 0.6) is 0 Å². The summed E-state index contributed by atoms with van der Waals surface area (Å²) in [5, 5.41) is 0.544. The van der Waals surface area contributed by atoms with Crippen LogP contribution in [0, 0.1) is 6.92 Å². The van der Waals surface area contributed by atoms with E-state index in [4.69, 9.17) is 4.89 Å². The van der Waals surface area contributed by atoms with Gasteiger partial charge in [-0.05, 0) is 29.5 Å². The predicted molar refractivity (Wildman–Crippen MR) is 50.0 cm³/mol. The van der Waals surface area contributed by atoms with Gasteiger partial charge in [-0.3, -0.25) is 0 Å². The highest BCUT2D eigenvalue weighted by atomic mass is 31.1. The molecule has 0 aliphatic rings. The van der Waals surface area contributed by atoms with Crippen LogP contribution in [0.4, 0.5) is 0 Å². The predicted octanol–water partition coefficient (Wildman–Crippen LogP) is 1.92. The van der Waals surface area contributed by atoms with Gasteiger partial charge in [0.15, 0.2) is 0 Å². The highest BCUT2D eigenvalue weighted by Crippen LogP contribution is 2.16. The number of benzene rings is 1. The van der Waals surface area contributed by atoms with Gasteiger partial charge in [-0.2, -0.15) is 4.89 Å². The topological polar surface area (TPSA) is 37.3 Å². The van der Waals surface area contributed by atoms with Crippen LogP contribution >= 0.6 is 8.03 Å². The molecule has 3 heteroatoms. The van der Waals surface area contributed by atoms with E-state index in [0.717, 1.165) is 12.0 Å². The molecule has 1 aromatic rings. The Kier molecular flexibility index (Phi) is 2.96. The van der Waals surface area contributed by atoms with Crippen molar-refractivity contribution in [3.8, 4) is 0 Å². The Morgan fingerprint density at radius 3 is 2.58 bits per heavy atom. The van der Waals surface area contributed by atoms with Gasteiger partial charge in [0.25, 0.3) is 0 Å². The van der Waals surface area contributed by atoms with E-state index in [1.807, 2.05) is 19.1 Å².